The van der Waals surface area contributed by atoms with Crippen molar-refractivity contribution in [3.8, 4) is 11.8 Å². The van der Waals surface area contributed by atoms with Crippen molar-refractivity contribution in [3.63, 3.8) is 0 Å². The molecule has 2 aromatic rings. The summed E-state index contributed by atoms with van der Waals surface area (Å²) in [6.45, 7) is 2.32. The van der Waals surface area contributed by atoms with Crippen LogP contribution in [0.4, 0.5) is 19.0 Å². The Hall–Kier alpha value is -3.06. The highest BCUT2D eigenvalue weighted by Gasteiger charge is 2.32. The minimum absolute atomic E-state index is 0.00118. The Bertz CT molecular complexity index is 950. The molecule has 7 nitrogen and oxygen atoms in total. The van der Waals surface area contributed by atoms with Crippen LogP contribution in [0, 0.1) is 11.3 Å². The maximum atomic E-state index is 12.9. The maximum absolute atomic E-state index is 12.9. The summed E-state index contributed by atoms with van der Waals surface area (Å²) in [4.78, 5) is 24.9. The lowest BCUT2D eigenvalue weighted by atomic mass is 10.2. The van der Waals surface area contributed by atoms with Gasteiger partial charge >= 0.3 is 12.1 Å². The van der Waals surface area contributed by atoms with E-state index in [2.05, 4.69) is 5.10 Å². The van der Waals surface area contributed by atoms with Gasteiger partial charge in [-0.2, -0.15) is 23.5 Å². The van der Waals surface area contributed by atoms with Crippen LogP contribution in [0.25, 0.3) is 5.69 Å². The highest BCUT2D eigenvalue weighted by Crippen LogP contribution is 2.34. The van der Waals surface area contributed by atoms with Gasteiger partial charge in [0.2, 0.25) is 5.91 Å². The molecule has 1 amide bonds. The molecule has 0 atom stereocenters. The van der Waals surface area contributed by atoms with Crippen LogP contribution in [0.15, 0.2) is 24.4 Å². The third kappa shape index (κ3) is 4.43. The van der Waals surface area contributed by atoms with Gasteiger partial charge in [-0.3, -0.25) is 14.5 Å². The van der Waals surface area contributed by atoms with Crippen molar-refractivity contribution in [2.45, 2.75) is 20.0 Å². The quantitative estimate of drug-likeness (QED) is 0.700. The fourth-order valence-corrected chi connectivity index (χ4v) is 2.64. The molecule has 0 N–H and O–H groups in total. The summed E-state index contributed by atoms with van der Waals surface area (Å²) < 4.78 is 44.4. The first-order valence-corrected chi connectivity index (χ1v) is 8.26. The molecule has 0 aliphatic rings. The summed E-state index contributed by atoms with van der Waals surface area (Å²) in [6, 6.07) is 4.39. The molecule has 0 spiro atoms. The summed E-state index contributed by atoms with van der Waals surface area (Å²) in [6.07, 6.45) is -3.48. The molecule has 0 fully saturated rings. The maximum Gasteiger partial charge on any atom is 0.416 e. The SMILES string of the molecule is CCOC(=O)CN(C(C)=O)c1c(C#N)cnn1-c1ccc(C(F)(F)F)cc1Cl. The largest absolute Gasteiger partial charge is 0.465 e. The molecule has 0 bridgehead atoms. The molecule has 0 saturated heterocycles. The minimum Gasteiger partial charge on any atom is -0.465 e. The van der Waals surface area contributed by atoms with Gasteiger partial charge in [0.15, 0.2) is 5.82 Å². The van der Waals surface area contributed by atoms with Crippen molar-refractivity contribution in [2.75, 3.05) is 18.1 Å². The molecular formula is C17H14ClF3N4O3. The molecule has 0 aliphatic carbocycles. The molecule has 28 heavy (non-hydrogen) atoms. The van der Waals surface area contributed by atoms with E-state index < -0.39 is 30.2 Å². The monoisotopic (exact) mass is 414 g/mol. The second-order valence-electron chi connectivity index (χ2n) is 5.48. The zero-order valence-electron chi connectivity index (χ0n) is 14.7. The Kier molecular flexibility index (Phi) is 6.30. The molecule has 1 aromatic carbocycles. The number of aromatic nitrogens is 2. The molecule has 1 aromatic heterocycles. The van der Waals surface area contributed by atoms with Gasteiger partial charge < -0.3 is 4.74 Å². The Morgan fingerprint density at radius 3 is 2.57 bits per heavy atom. The predicted molar refractivity (Wildman–Crippen MR) is 93.0 cm³/mol. The van der Waals surface area contributed by atoms with E-state index in [0.717, 1.165) is 34.8 Å². The second-order valence-corrected chi connectivity index (χ2v) is 5.89. The number of benzene rings is 1. The first-order chi connectivity index (χ1) is 13.1. The number of anilines is 1. The van der Waals surface area contributed by atoms with E-state index in [4.69, 9.17) is 16.3 Å². The molecular weight excluding hydrogens is 401 g/mol. The zero-order chi connectivity index (χ0) is 21.1. The highest BCUT2D eigenvalue weighted by molar-refractivity contribution is 6.32. The van der Waals surface area contributed by atoms with Gasteiger partial charge in [-0.05, 0) is 25.1 Å². The van der Waals surface area contributed by atoms with Crippen LogP contribution in [0.5, 0.6) is 0 Å². The summed E-state index contributed by atoms with van der Waals surface area (Å²) in [5.41, 5.74) is -1.04. The van der Waals surface area contributed by atoms with Crippen LogP contribution in [0.3, 0.4) is 0 Å². The summed E-state index contributed by atoms with van der Waals surface area (Å²) in [5, 5.41) is 13.0. The van der Waals surface area contributed by atoms with Crippen LogP contribution in [-0.2, 0) is 20.5 Å². The van der Waals surface area contributed by atoms with Gasteiger partial charge in [-0.15, -0.1) is 0 Å². The van der Waals surface area contributed by atoms with Crippen molar-refractivity contribution in [1.82, 2.24) is 9.78 Å². The molecule has 148 valence electrons. The van der Waals surface area contributed by atoms with Crippen LogP contribution in [0.1, 0.15) is 25.0 Å². The van der Waals surface area contributed by atoms with Crippen LogP contribution in [0.2, 0.25) is 5.02 Å². The number of hydrogen-bond acceptors (Lipinski definition) is 5. The van der Waals surface area contributed by atoms with Crippen LogP contribution < -0.4 is 4.90 Å². The number of nitriles is 1. The van der Waals surface area contributed by atoms with Crippen molar-refractivity contribution in [2.24, 2.45) is 0 Å². The topological polar surface area (TPSA) is 88.2 Å². The van der Waals surface area contributed by atoms with E-state index in [1.165, 1.54) is 0 Å². The summed E-state index contributed by atoms with van der Waals surface area (Å²) in [5.74, 6) is -1.44. The number of esters is 1. The van der Waals surface area contributed by atoms with Gasteiger partial charge in [0.25, 0.3) is 0 Å². The lowest BCUT2D eigenvalue weighted by molar-refractivity contribution is -0.142. The summed E-state index contributed by atoms with van der Waals surface area (Å²) in [7, 11) is 0. The molecule has 0 unspecified atom stereocenters. The number of nitrogens with zero attached hydrogens (tertiary/aromatic N) is 4. The van der Waals surface area contributed by atoms with Gasteiger partial charge in [-0.1, -0.05) is 11.6 Å². The number of ether oxygens (including phenoxy) is 1. The van der Waals surface area contributed by atoms with Gasteiger partial charge in [0, 0.05) is 6.92 Å². The average molecular weight is 415 g/mol. The van der Waals surface area contributed by atoms with E-state index in [1.54, 1.807) is 6.92 Å². The van der Waals surface area contributed by atoms with Crippen molar-refractivity contribution < 1.29 is 27.5 Å². The zero-order valence-corrected chi connectivity index (χ0v) is 15.5. The van der Waals surface area contributed by atoms with Gasteiger partial charge in [0.1, 0.15) is 18.2 Å². The number of hydrogen-bond donors (Lipinski definition) is 0. The average Bonchev–Trinajstić information content (AvgIpc) is 3.02. The number of alkyl halides is 3. The normalized spacial score (nSPS) is 11.0. The van der Waals surface area contributed by atoms with Crippen molar-refractivity contribution >= 4 is 29.3 Å². The predicted octanol–water partition coefficient (Wildman–Crippen LogP) is 3.33. The molecule has 11 heteroatoms. The van der Waals surface area contributed by atoms with E-state index in [0.29, 0.717) is 6.07 Å². The first-order valence-electron chi connectivity index (χ1n) is 7.89. The third-order valence-corrected chi connectivity index (χ3v) is 3.90. The fraction of sp³-hybridized carbons (Fsp3) is 0.294. The molecule has 1 heterocycles. The Morgan fingerprint density at radius 2 is 2.07 bits per heavy atom. The highest BCUT2D eigenvalue weighted by atomic mass is 35.5. The molecule has 2 rings (SSSR count). The Morgan fingerprint density at radius 1 is 1.39 bits per heavy atom. The standard InChI is InChI=1S/C17H14ClF3N4O3/c1-3-28-15(27)9-24(10(2)26)16-11(7-22)8-23-25(16)14-5-4-12(6-13(14)18)17(19,20)21/h4-6,8H,3,9H2,1-2H3. The van der Waals surface area contributed by atoms with Crippen molar-refractivity contribution in [1.29, 1.82) is 5.26 Å². The number of halogens is 4. The van der Waals surface area contributed by atoms with Crippen molar-refractivity contribution in [3.05, 3.63) is 40.5 Å². The molecule has 0 radical (unpaired) electrons. The lowest BCUT2D eigenvalue weighted by Crippen LogP contribution is -2.36. The Labute approximate surface area is 162 Å². The molecule has 0 aliphatic heterocycles. The number of rotatable bonds is 5. The minimum atomic E-state index is -4.59. The number of carbonyl (C=O) groups is 2. The Balaban J connectivity index is 2.59. The van der Waals surface area contributed by atoms with E-state index in [9.17, 15) is 28.0 Å². The van der Waals surface area contributed by atoms with Gasteiger partial charge in [-0.25, -0.2) is 4.68 Å². The fourth-order valence-electron chi connectivity index (χ4n) is 2.38. The van der Waals surface area contributed by atoms with Crippen LogP contribution >= 0.6 is 11.6 Å². The number of amides is 1. The second kappa shape index (κ2) is 8.31. The van der Waals surface area contributed by atoms with E-state index in [-0.39, 0.29) is 28.7 Å². The smallest absolute Gasteiger partial charge is 0.416 e. The first kappa shape index (κ1) is 21.2. The van der Waals surface area contributed by atoms with E-state index in [1.807, 2.05) is 6.07 Å². The number of carbonyl (C=O) groups excluding carboxylic acids is 2. The lowest BCUT2D eigenvalue weighted by Gasteiger charge is -2.22. The molecule has 0 saturated carbocycles. The third-order valence-electron chi connectivity index (χ3n) is 3.60. The van der Waals surface area contributed by atoms with Crippen LogP contribution in [-0.4, -0.2) is 34.8 Å². The van der Waals surface area contributed by atoms with E-state index >= 15 is 0 Å². The van der Waals surface area contributed by atoms with Gasteiger partial charge in [0.05, 0.1) is 29.1 Å². The summed E-state index contributed by atoms with van der Waals surface area (Å²) >= 11 is 6.00.